The van der Waals surface area contributed by atoms with Crippen LogP contribution in [-0.4, -0.2) is 126 Å². The molecule has 5 heterocycles. The summed E-state index contributed by atoms with van der Waals surface area (Å²) >= 11 is 33.2. The average molecular weight is 2130 g/mol. The first kappa shape index (κ1) is 117. The molecule has 1 aliphatic heterocycles. The average Bonchev–Trinajstić information content (AvgIpc) is 1.54. The van der Waals surface area contributed by atoms with E-state index in [1.807, 2.05) is 104 Å². The molecule has 9 aromatic rings. The number of anilines is 4. The van der Waals surface area contributed by atoms with Crippen LogP contribution in [0.5, 0.6) is 0 Å². The normalized spacial score (nSPS) is 12.6. The van der Waals surface area contributed by atoms with Gasteiger partial charge >= 0.3 is 83.0 Å². The number of allylic oxidation sites excluding steroid dienone is 2. The fourth-order valence-corrected chi connectivity index (χ4v) is 23.8. The first-order valence-electron chi connectivity index (χ1n) is 37.0. The number of halogens is 5. The molecule has 0 unspecified atom stereocenters. The summed E-state index contributed by atoms with van der Waals surface area (Å²) < 4.78 is 163. The van der Waals surface area contributed by atoms with Gasteiger partial charge in [0.2, 0.25) is 0 Å². The minimum atomic E-state index is -4.12. The summed E-state index contributed by atoms with van der Waals surface area (Å²) in [5.41, 5.74) is 4.27. The van der Waals surface area contributed by atoms with Gasteiger partial charge in [-0.25, -0.2) is 61.5 Å². The van der Waals surface area contributed by atoms with Gasteiger partial charge in [0.1, 0.15) is 57.4 Å². The van der Waals surface area contributed by atoms with Gasteiger partial charge in [-0.15, -0.1) is 45.3 Å². The van der Waals surface area contributed by atoms with Gasteiger partial charge in [0.15, 0.2) is 0 Å². The van der Waals surface area contributed by atoms with Gasteiger partial charge in [0, 0.05) is 30.5 Å². The van der Waals surface area contributed by atoms with Crippen LogP contribution in [0.25, 0.3) is 0 Å². The maximum absolute atomic E-state index is 13.3. The van der Waals surface area contributed by atoms with Crippen molar-refractivity contribution < 1.29 is 159 Å². The zero-order valence-corrected chi connectivity index (χ0v) is 91.4. The summed E-state index contributed by atoms with van der Waals surface area (Å²) in [5, 5.41) is 46.4. The smallest absolute Gasteiger partial charge is 0.883 e. The van der Waals surface area contributed by atoms with Crippen LogP contribution in [0.1, 0.15) is 177 Å². The number of methoxy groups -OCH3 is 5. The molecule has 0 aliphatic carbocycles. The van der Waals surface area contributed by atoms with E-state index in [0.717, 1.165) is 93.5 Å². The number of aromatic carboxylic acids is 1. The quantitative estimate of drug-likeness (QED) is 0.0186. The minimum absolute atomic E-state index is 0. The number of carbonyl (C=O) groups is 4. The second-order valence-corrected chi connectivity index (χ2v) is 47.4. The molecule has 690 valence electrons. The third kappa shape index (κ3) is 31.5. The molecule has 45 heteroatoms. The van der Waals surface area contributed by atoms with Crippen LogP contribution in [0.2, 0.25) is 20.1 Å². The van der Waals surface area contributed by atoms with E-state index in [4.69, 9.17) is 75.7 Å². The number of carboxylic acid groups (broad SMARTS) is 1. The van der Waals surface area contributed by atoms with Gasteiger partial charge in [-0.2, -0.15) is 24.0 Å². The Kier molecular flexibility index (Phi) is 44.3. The van der Waals surface area contributed by atoms with Crippen LogP contribution in [0.3, 0.4) is 0 Å². The van der Waals surface area contributed by atoms with Gasteiger partial charge in [0.05, 0.1) is 76.0 Å². The molecule has 3 N–H and O–H groups in total. The van der Waals surface area contributed by atoms with Crippen molar-refractivity contribution in [3.63, 3.8) is 0 Å². The molecule has 0 saturated heterocycles. The molecule has 0 bridgehead atoms. The molecule has 129 heavy (non-hydrogen) atoms. The fourth-order valence-electron chi connectivity index (χ4n) is 10.7. The first-order chi connectivity index (χ1) is 58.6. The number of thiophene rings is 4. The molecule has 0 amide bonds. The second-order valence-electron chi connectivity index (χ2n) is 31.8. The Morgan fingerprint density at radius 1 is 0.465 bits per heavy atom. The molecule has 0 radical (unpaired) electrons. The van der Waals surface area contributed by atoms with Gasteiger partial charge < -0.3 is 39.0 Å². The van der Waals surface area contributed by atoms with Crippen LogP contribution in [0, 0.1) is 11.3 Å². The molecule has 4 aromatic heterocycles. The number of ether oxygens (including phenoxy) is 5. The molecular formula is C84H95BrCl4N6Na2O22S10. The predicted octanol–water partition coefficient (Wildman–Crippen LogP) is 13.6. The third-order valence-electron chi connectivity index (χ3n) is 17.5. The van der Waals surface area contributed by atoms with Crippen molar-refractivity contribution >= 4 is 222 Å². The van der Waals surface area contributed by atoms with E-state index in [2.05, 4.69) is 34.5 Å². The number of nitrogens with zero attached hydrogens (tertiary/aromatic N) is 4. The Morgan fingerprint density at radius 2 is 0.760 bits per heavy atom. The maximum Gasteiger partial charge on any atom is 1.00 e. The summed E-state index contributed by atoms with van der Waals surface area (Å²) in [5.74, 6) is -4.48. The Labute approximate surface area is 847 Å². The van der Waals surface area contributed by atoms with Crippen molar-refractivity contribution in [3.8, 4) is 6.07 Å². The summed E-state index contributed by atoms with van der Waals surface area (Å²) in [6.07, 6.45) is 1.31. The molecular weight excluding hydrogens is 2030 g/mol. The number of carbonyl (C=O) groups excluding carboxylic acids is 3. The van der Waals surface area contributed by atoms with Crippen molar-refractivity contribution in [1.82, 2.24) is 0 Å². The van der Waals surface area contributed by atoms with E-state index in [1.165, 1.54) is 102 Å². The summed E-state index contributed by atoms with van der Waals surface area (Å²) in [4.78, 5) is 46.7. The number of carboxylic acids is 1. The fraction of sp³-hybridized carbons (Fsp3) is 0.333. The van der Waals surface area contributed by atoms with Gasteiger partial charge in [-0.1, -0.05) is 192 Å². The topological polar surface area (TPSA) is 418 Å². The monoisotopic (exact) mass is 2120 g/mol. The Balaban J connectivity index is 0.000000411. The maximum atomic E-state index is 13.3. The van der Waals surface area contributed by atoms with Crippen molar-refractivity contribution in [3.05, 3.63) is 231 Å². The minimum Gasteiger partial charge on any atom is -0.883 e. The SMILES string of the molecule is CC#N.CC(C)(C)c1ccc(S(=O)(=O)N=C2C=CSC2=C([O-])[O-])c(Cl)c1.CC(C)(C)c1ccc(S(=O)(=O)Nc2ccsc2C(=O)O)c(Cl)c1.COC(=O)c1sccc1NS(=O)(=O)c1ccc(C(C)(C)C)cc1Cl.COCN(c1ccsc1C(=O)OC)S(=O)(=O)c1ccc(C(C)(C)C)cc1Br.COCN(c1ccsc1C(=O)OC)S(=O)(=O)c1ccc(C(C)(C)C)cc1Cl.[Na+].[Na+]. The zero-order valence-electron chi connectivity index (χ0n) is 74.6. The zero-order chi connectivity index (χ0) is 96.5. The van der Waals surface area contributed by atoms with Crippen LogP contribution < -0.4 is 87.4 Å². The molecule has 0 spiro atoms. The van der Waals surface area contributed by atoms with Gasteiger partial charge in [-0.05, 0) is 189 Å². The number of sulfonamides is 5. The van der Waals surface area contributed by atoms with Gasteiger partial charge in [-0.3, -0.25) is 9.44 Å². The summed E-state index contributed by atoms with van der Waals surface area (Å²) in [7, 11) is -13.6. The van der Waals surface area contributed by atoms with E-state index >= 15 is 0 Å². The third-order valence-corrected chi connectivity index (χ3v) is 32.3. The number of hydrogen-bond acceptors (Lipinski definition) is 27. The Morgan fingerprint density at radius 3 is 1.08 bits per heavy atom. The Hall–Kier alpha value is -6.12. The standard InChI is InChI=1S/C18H22BrNO5S2.C18H22ClNO5S2.C16H18ClNO4S2.2C15H16ClNO4S2.C2H3N.2Na/c2*1-18(2,3)12-6-7-15(13(19)10-12)27(22,23)20(11-24-4)14-8-9-26-16(14)17(21)25-5;1-16(2,3)10-5-6-13(11(17)9-10)24(20,21)18-12-7-8-23-14(12)15(19)22-4;2*1-15(2,3)9-4-5-12(10(16)8-9)23(20,21)17-11-6-7-22-13(11)14(18)19;1-2-3;;/h2*6-10H,11H2,1-5H3;5-9,18H,1-4H3;4-8,18-19H,1-3H3;4-8,17H,1-3H3,(H,18,19);1H3;;/q;;;;;;2*+1/p-2. The van der Waals surface area contributed by atoms with E-state index in [-0.39, 0.29) is 197 Å². The van der Waals surface area contributed by atoms with Crippen molar-refractivity contribution in [2.45, 2.75) is 162 Å². The number of nitrogens with one attached hydrogen (secondary N) is 2. The number of rotatable bonds is 22. The summed E-state index contributed by atoms with van der Waals surface area (Å²) in [6, 6.07) is 32.0. The number of benzene rings is 5. The molecule has 10 rings (SSSR count). The van der Waals surface area contributed by atoms with Crippen molar-refractivity contribution in [2.75, 3.05) is 67.1 Å². The predicted molar refractivity (Wildman–Crippen MR) is 506 cm³/mol. The second kappa shape index (κ2) is 48.9. The number of thioether (sulfide) groups is 1. The molecule has 5 aromatic carbocycles. The van der Waals surface area contributed by atoms with Crippen molar-refractivity contribution in [1.29, 1.82) is 5.26 Å². The van der Waals surface area contributed by atoms with Crippen LogP contribution in [0.4, 0.5) is 22.7 Å². The molecule has 28 nitrogen and oxygen atoms in total. The molecule has 0 atom stereocenters. The molecule has 1 aliphatic rings. The van der Waals surface area contributed by atoms with E-state index in [0.29, 0.717) is 4.47 Å². The number of hydrogen-bond donors (Lipinski definition) is 3. The van der Waals surface area contributed by atoms with Gasteiger partial charge in [0.25, 0.3) is 50.1 Å². The van der Waals surface area contributed by atoms with E-state index < -0.39 is 79.9 Å². The largest absolute Gasteiger partial charge is 1.00 e. The first-order valence-corrected chi connectivity index (χ1v) is 51.0. The number of esters is 3. The molecule has 0 saturated carbocycles. The van der Waals surface area contributed by atoms with E-state index in [1.54, 1.807) is 95.0 Å². The summed E-state index contributed by atoms with van der Waals surface area (Å²) in [6.45, 7) is 31.1. The van der Waals surface area contributed by atoms with Crippen LogP contribution in [0.15, 0.2) is 192 Å². The van der Waals surface area contributed by atoms with Crippen molar-refractivity contribution in [2.24, 2.45) is 4.40 Å². The number of nitriles is 1. The van der Waals surface area contributed by atoms with Crippen LogP contribution in [-0.2, 0) is 101 Å². The molecule has 0 fully saturated rings. The van der Waals surface area contributed by atoms with E-state index in [9.17, 15) is 71.5 Å². The van der Waals surface area contributed by atoms with Crippen LogP contribution >= 0.6 is 119 Å². The Bertz CT molecular complexity index is 6100.